The summed E-state index contributed by atoms with van der Waals surface area (Å²) >= 11 is 0. The van der Waals surface area contributed by atoms with Crippen LogP contribution in [-0.2, 0) is 35.4 Å². The third-order valence-corrected chi connectivity index (χ3v) is 6.59. The highest BCUT2D eigenvalue weighted by molar-refractivity contribution is 7.90. The molecule has 18 heteroatoms. The smallest absolute Gasteiger partial charge is 0.392 e. The number of carbonyl (C=O) groups excluding carboxylic acids is 1. The highest BCUT2D eigenvalue weighted by Gasteiger charge is 2.34. The molecule has 1 aromatic heterocycles. The number of nitrogens with one attached hydrogen (secondary N) is 2. The predicted molar refractivity (Wildman–Crippen MR) is 145 cm³/mol. The van der Waals surface area contributed by atoms with Gasteiger partial charge in [0.15, 0.2) is 6.10 Å². The van der Waals surface area contributed by atoms with Gasteiger partial charge in [-0.15, -0.1) is 0 Å². The lowest BCUT2D eigenvalue weighted by Crippen LogP contribution is -2.34. The fourth-order valence-corrected chi connectivity index (χ4v) is 4.32. The second-order valence-electron chi connectivity index (χ2n) is 9.10. The fraction of sp³-hybridized carbons (Fsp3) is 0.400. The van der Waals surface area contributed by atoms with Crippen molar-refractivity contribution in [2.45, 2.75) is 50.0 Å². The average molecular weight is 624 g/mol. The number of hydrogen-bond donors (Lipinski definition) is 4. The van der Waals surface area contributed by atoms with Gasteiger partial charge in [-0.2, -0.15) is 9.97 Å². The maximum atomic E-state index is 12.4. The molecular formula is C25H29N5O12S. The summed E-state index contributed by atoms with van der Waals surface area (Å²) in [6.07, 6.45) is 0.832. The molecule has 1 aliphatic rings. The molecule has 0 amide bonds. The molecule has 4 N–H and O–H groups in total. The van der Waals surface area contributed by atoms with Crippen LogP contribution < -0.4 is 20.1 Å². The molecule has 43 heavy (non-hydrogen) atoms. The predicted octanol–water partition coefficient (Wildman–Crippen LogP) is 1.48. The number of carboxylic acid groups (broad SMARTS) is 2. The molecule has 2 heterocycles. The van der Waals surface area contributed by atoms with E-state index in [-0.39, 0.29) is 25.2 Å². The molecule has 0 fully saturated rings. The maximum absolute atomic E-state index is 12.4. The minimum absolute atomic E-state index is 0.0128. The van der Waals surface area contributed by atoms with E-state index in [0.717, 1.165) is 0 Å². The largest absolute Gasteiger partial charge is 0.481 e. The molecule has 0 radical (unpaired) electrons. The molecule has 232 valence electrons. The molecule has 3 rings (SSSR count). The van der Waals surface area contributed by atoms with E-state index in [2.05, 4.69) is 20.6 Å². The van der Waals surface area contributed by atoms with Crippen LogP contribution in [0.3, 0.4) is 0 Å². The van der Waals surface area contributed by atoms with Gasteiger partial charge in [0, 0.05) is 32.1 Å². The Morgan fingerprint density at radius 3 is 2.47 bits per heavy atom. The second kappa shape index (κ2) is 14.4. The standard InChI is InChI=1S/C25H29N5O12S/c1-3-40-19(33)8-5-14-11-15(21-26-9-4-10-27-21)13-16(12-14)41-22-20(30(36)37)23(29-25(28-22)43(2,38)39)42-17(24(34)35)6-7-18(31)32/h4,9,11-13,17,21,26-27H,3,5-8,10H2,1-2H3,(H,31,32)(H,34,35). The van der Waals surface area contributed by atoms with Crippen LogP contribution in [0.5, 0.6) is 17.5 Å². The number of esters is 1. The van der Waals surface area contributed by atoms with Crippen LogP contribution in [0, 0.1) is 10.1 Å². The van der Waals surface area contributed by atoms with Crippen molar-refractivity contribution < 1.29 is 52.1 Å². The van der Waals surface area contributed by atoms with E-state index in [1.807, 2.05) is 6.08 Å². The van der Waals surface area contributed by atoms with Gasteiger partial charge in [0.25, 0.3) is 5.16 Å². The van der Waals surface area contributed by atoms with Crippen LogP contribution in [0.15, 0.2) is 35.6 Å². The number of aliphatic carboxylic acids is 2. The van der Waals surface area contributed by atoms with Gasteiger partial charge in [-0.05, 0) is 42.8 Å². The van der Waals surface area contributed by atoms with Gasteiger partial charge < -0.3 is 29.7 Å². The van der Waals surface area contributed by atoms with Crippen LogP contribution in [0.25, 0.3) is 0 Å². The minimum atomic E-state index is -4.25. The number of benzene rings is 1. The molecule has 17 nitrogen and oxygen atoms in total. The van der Waals surface area contributed by atoms with Crippen LogP contribution in [0.1, 0.15) is 43.5 Å². The molecule has 2 aromatic rings. The van der Waals surface area contributed by atoms with Crippen LogP contribution >= 0.6 is 0 Å². The topological polar surface area (TPSA) is 246 Å². The Kier molecular flexibility index (Phi) is 10.9. The third-order valence-electron chi connectivity index (χ3n) is 5.74. The van der Waals surface area contributed by atoms with Gasteiger partial charge in [-0.1, -0.05) is 12.1 Å². The molecule has 2 unspecified atom stereocenters. The third kappa shape index (κ3) is 9.33. The number of carbonyl (C=O) groups is 3. The van der Waals surface area contributed by atoms with Crippen molar-refractivity contribution >= 4 is 33.4 Å². The van der Waals surface area contributed by atoms with Gasteiger partial charge >= 0.3 is 35.4 Å². The molecule has 0 spiro atoms. The van der Waals surface area contributed by atoms with Crippen molar-refractivity contribution in [1.29, 1.82) is 0 Å². The Balaban J connectivity index is 2.11. The fourth-order valence-electron chi connectivity index (χ4n) is 3.82. The number of hydrogen-bond acceptors (Lipinski definition) is 14. The first kappa shape index (κ1) is 32.7. The first-order valence-electron chi connectivity index (χ1n) is 12.8. The Labute approximate surface area is 244 Å². The summed E-state index contributed by atoms with van der Waals surface area (Å²) in [6.45, 7) is 2.38. The zero-order chi connectivity index (χ0) is 31.7. The Bertz CT molecular complexity index is 1530. The van der Waals surface area contributed by atoms with Crippen molar-refractivity contribution in [1.82, 2.24) is 20.6 Å². The number of aryl methyl sites for hydroxylation is 1. The lowest BCUT2D eigenvalue weighted by Gasteiger charge is -2.23. The SMILES string of the molecule is CCOC(=O)CCc1cc(Oc2nc(S(C)(=O)=O)nc(OC(CCC(=O)O)C(=O)O)c2[N+](=O)[O-])cc(C2NC=CCN2)c1. The zero-order valence-corrected chi connectivity index (χ0v) is 23.8. The molecular weight excluding hydrogens is 594 g/mol. The van der Waals surface area contributed by atoms with Gasteiger partial charge in [-0.3, -0.25) is 25.0 Å². The quantitative estimate of drug-likeness (QED) is 0.0949. The number of rotatable bonds is 15. The first-order valence-corrected chi connectivity index (χ1v) is 14.7. The normalized spacial score (nSPS) is 15.2. The van der Waals surface area contributed by atoms with Crippen LogP contribution in [0.4, 0.5) is 5.69 Å². The number of nitro groups is 1. The van der Waals surface area contributed by atoms with E-state index in [1.165, 1.54) is 12.1 Å². The number of sulfone groups is 1. The van der Waals surface area contributed by atoms with Crippen molar-refractivity contribution in [3.63, 3.8) is 0 Å². The monoisotopic (exact) mass is 623 g/mol. The van der Waals surface area contributed by atoms with Gasteiger partial charge in [-0.25, -0.2) is 13.2 Å². The van der Waals surface area contributed by atoms with Crippen molar-refractivity contribution in [2.75, 3.05) is 19.4 Å². The Morgan fingerprint density at radius 2 is 1.88 bits per heavy atom. The van der Waals surface area contributed by atoms with Crippen molar-refractivity contribution in [2.24, 2.45) is 0 Å². The van der Waals surface area contributed by atoms with Crippen molar-refractivity contribution in [3.8, 4) is 17.5 Å². The second-order valence-corrected chi connectivity index (χ2v) is 11.0. The number of nitrogens with zero attached hydrogens (tertiary/aromatic N) is 3. The summed E-state index contributed by atoms with van der Waals surface area (Å²) in [7, 11) is -4.25. The Hall–Kier alpha value is -4.84. The van der Waals surface area contributed by atoms with E-state index in [0.29, 0.717) is 23.9 Å². The van der Waals surface area contributed by atoms with E-state index >= 15 is 0 Å². The van der Waals surface area contributed by atoms with Gasteiger partial charge in [0.05, 0.1) is 11.5 Å². The van der Waals surface area contributed by atoms with E-state index in [9.17, 15) is 38.0 Å². The van der Waals surface area contributed by atoms with E-state index in [1.54, 1.807) is 19.2 Å². The molecule has 0 bridgehead atoms. The summed E-state index contributed by atoms with van der Waals surface area (Å²) in [6, 6.07) is 4.72. The number of aromatic nitrogens is 2. The summed E-state index contributed by atoms with van der Waals surface area (Å²) in [4.78, 5) is 53.0. The summed E-state index contributed by atoms with van der Waals surface area (Å²) in [5.41, 5.74) is 0.0657. The average Bonchev–Trinajstić information content (AvgIpc) is 2.93. The number of ether oxygens (including phenoxy) is 3. The molecule has 0 saturated heterocycles. The molecule has 0 saturated carbocycles. The zero-order valence-electron chi connectivity index (χ0n) is 23.0. The molecule has 1 aliphatic heterocycles. The number of carboxylic acids is 2. The van der Waals surface area contributed by atoms with Crippen LogP contribution in [-0.4, -0.2) is 76.9 Å². The highest BCUT2D eigenvalue weighted by atomic mass is 32.2. The molecule has 1 aromatic carbocycles. The summed E-state index contributed by atoms with van der Waals surface area (Å²) in [5.74, 6) is -5.44. The van der Waals surface area contributed by atoms with E-state index in [4.69, 9.17) is 19.3 Å². The maximum Gasteiger partial charge on any atom is 0.392 e. The lowest BCUT2D eigenvalue weighted by atomic mass is 10.0. The minimum Gasteiger partial charge on any atom is -0.481 e. The van der Waals surface area contributed by atoms with E-state index < -0.39 is 80.4 Å². The summed E-state index contributed by atoms with van der Waals surface area (Å²) in [5, 5.41) is 35.8. The van der Waals surface area contributed by atoms with Gasteiger partial charge in [0.2, 0.25) is 9.84 Å². The van der Waals surface area contributed by atoms with Gasteiger partial charge in [0.1, 0.15) is 11.9 Å². The molecule has 0 aliphatic carbocycles. The van der Waals surface area contributed by atoms with Crippen LogP contribution in [0.2, 0.25) is 0 Å². The van der Waals surface area contributed by atoms with Crippen molar-refractivity contribution in [3.05, 3.63) is 51.7 Å². The molecule has 2 atom stereocenters. The lowest BCUT2D eigenvalue weighted by molar-refractivity contribution is -0.387. The summed E-state index contributed by atoms with van der Waals surface area (Å²) < 4.78 is 40.6. The highest BCUT2D eigenvalue weighted by Crippen LogP contribution is 2.39. The first-order chi connectivity index (χ1) is 20.3. The Morgan fingerprint density at radius 1 is 1.16 bits per heavy atom.